The van der Waals surface area contributed by atoms with Crippen LogP contribution in [0.1, 0.15) is 37.8 Å². The third-order valence-corrected chi connectivity index (χ3v) is 3.29. The second kappa shape index (κ2) is 3.97. The van der Waals surface area contributed by atoms with Gasteiger partial charge in [-0.25, -0.2) is 0 Å². The zero-order valence-electron chi connectivity index (χ0n) is 9.66. The predicted molar refractivity (Wildman–Crippen MR) is 62.9 cm³/mol. The van der Waals surface area contributed by atoms with Gasteiger partial charge in [0.05, 0.1) is 5.60 Å². The quantitative estimate of drug-likeness (QED) is 0.785. The lowest BCUT2D eigenvalue weighted by molar-refractivity contribution is 0.00673. The Labute approximate surface area is 92.1 Å². The number of aryl methyl sites for hydroxylation is 1. The number of fused-ring (bicyclic) bond motifs is 1. The topological polar surface area (TPSA) is 20.2 Å². The minimum Gasteiger partial charge on any atom is -0.390 e. The predicted octanol–water partition coefficient (Wildman–Crippen LogP) is 2.95. The molecule has 1 aliphatic rings. The Morgan fingerprint density at radius 2 is 1.93 bits per heavy atom. The van der Waals surface area contributed by atoms with Crippen LogP contribution in [0.2, 0.25) is 0 Å². The molecule has 1 N–H and O–H groups in total. The summed E-state index contributed by atoms with van der Waals surface area (Å²) in [6, 6.07) is 8.50. The highest BCUT2D eigenvalue weighted by molar-refractivity contribution is 5.31. The van der Waals surface area contributed by atoms with Gasteiger partial charge in [-0.15, -0.1) is 0 Å². The summed E-state index contributed by atoms with van der Waals surface area (Å²) in [6.07, 6.45) is 3.70. The van der Waals surface area contributed by atoms with Crippen molar-refractivity contribution >= 4 is 0 Å². The molecule has 1 aromatic carbocycles. The molecule has 2 rings (SSSR count). The van der Waals surface area contributed by atoms with Crippen molar-refractivity contribution in [1.82, 2.24) is 0 Å². The second-order valence-electron chi connectivity index (χ2n) is 5.27. The van der Waals surface area contributed by atoms with Crippen LogP contribution in [0.25, 0.3) is 0 Å². The van der Waals surface area contributed by atoms with E-state index in [0.717, 1.165) is 25.7 Å². The van der Waals surface area contributed by atoms with Gasteiger partial charge in [0, 0.05) is 6.42 Å². The third-order valence-electron chi connectivity index (χ3n) is 3.29. The molecule has 0 spiro atoms. The normalized spacial score (nSPS) is 25.3. The van der Waals surface area contributed by atoms with Crippen LogP contribution in [0.5, 0.6) is 0 Å². The van der Waals surface area contributed by atoms with Crippen LogP contribution in [0.15, 0.2) is 24.3 Å². The largest absolute Gasteiger partial charge is 0.390 e. The standard InChI is InChI=1S/C14H20O/c1-11(2)9-14(15)8-7-12-5-3-4-6-13(12)10-14/h3-6,11,15H,7-10H2,1-2H3. The van der Waals surface area contributed by atoms with Gasteiger partial charge in [-0.05, 0) is 36.3 Å². The fourth-order valence-corrected chi connectivity index (χ4v) is 2.72. The van der Waals surface area contributed by atoms with Crippen LogP contribution in [0.3, 0.4) is 0 Å². The lowest BCUT2D eigenvalue weighted by Gasteiger charge is -2.34. The monoisotopic (exact) mass is 204 g/mol. The molecule has 0 amide bonds. The molecule has 0 bridgehead atoms. The first-order chi connectivity index (χ1) is 7.09. The van der Waals surface area contributed by atoms with Crippen molar-refractivity contribution in [3.63, 3.8) is 0 Å². The Morgan fingerprint density at radius 3 is 2.60 bits per heavy atom. The molecular formula is C14H20O. The van der Waals surface area contributed by atoms with E-state index in [1.165, 1.54) is 11.1 Å². The van der Waals surface area contributed by atoms with Crippen LogP contribution < -0.4 is 0 Å². The van der Waals surface area contributed by atoms with E-state index in [1.807, 2.05) is 0 Å². The molecule has 1 aromatic rings. The number of rotatable bonds is 2. The molecule has 1 unspecified atom stereocenters. The summed E-state index contributed by atoms with van der Waals surface area (Å²) in [5, 5.41) is 10.5. The minimum absolute atomic E-state index is 0.456. The molecule has 15 heavy (non-hydrogen) atoms. The number of benzene rings is 1. The maximum absolute atomic E-state index is 10.5. The Hall–Kier alpha value is -0.820. The molecule has 0 aromatic heterocycles. The van der Waals surface area contributed by atoms with Crippen LogP contribution in [-0.4, -0.2) is 10.7 Å². The van der Waals surface area contributed by atoms with Crippen LogP contribution in [0.4, 0.5) is 0 Å². The summed E-state index contributed by atoms with van der Waals surface area (Å²) in [4.78, 5) is 0. The average Bonchev–Trinajstić information content (AvgIpc) is 2.15. The maximum atomic E-state index is 10.5. The van der Waals surface area contributed by atoms with E-state index in [-0.39, 0.29) is 0 Å². The first kappa shape index (κ1) is 10.7. The SMILES string of the molecule is CC(C)CC1(O)CCc2ccccc2C1. The van der Waals surface area contributed by atoms with Crippen molar-refractivity contribution < 1.29 is 5.11 Å². The molecule has 0 saturated carbocycles. The molecule has 1 aliphatic carbocycles. The van der Waals surface area contributed by atoms with E-state index in [2.05, 4.69) is 38.1 Å². The Bertz CT molecular complexity index is 343. The van der Waals surface area contributed by atoms with E-state index in [0.29, 0.717) is 5.92 Å². The molecular weight excluding hydrogens is 184 g/mol. The van der Waals surface area contributed by atoms with Gasteiger partial charge in [0.1, 0.15) is 0 Å². The van der Waals surface area contributed by atoms with Gasteiger partial charge in [0.15, 0.2) is 0 Å². The fraction of sp³-hybridized carbons (Fsp3) is 0.571. The average molecular weight is 204 g/mol. The van der Waals surface area contributed by atoms with Crippen molar-refractivity contribution in [3.8, 4) is 0 Å². The zero-order chi connectivity index (χ0) is 10.9. The zero-order valence-corrected chi connectivity index (χ0v) is 9.66. The second-order valence-corrected chi connectivity index (χ2v) is 5.27. The summed E-state index contributed by atoms with van der Waals surface area (Å²) in [5.41, 5.74) is 2.31. The van der Waals surface area contributed by atoms with Crippen molar-refractivity contribution in [2.45, 2.75) is 45.1 Å². The smallest absolute Gasteiger partial charge is 0.0693 e. The summed E-state index contributed by atoms with van der Waals surface area (Å²) in [6.45, 7) is 4.36. The highest BCUT2D eigenvalue weighted by atomic mass is 16.3. The van der Waals surface area contributed by atoms with Crippen molar-refractivity contribution in [1.29, 1.82) is 0 Å². The molecule has 0 radical (unpaired) electrons. The minimum atomic E-state index is -0.456. The lowest BCUT2D eigenvalue weighted by atomic mass is 9.76. The van der Waals surface area contributed by atoms with Crippen molar-refractivity contribution in [2.75, 3.05) is 0 Å². The van der Waals surface area contributed by atoms with Crippen LogP contribution in [0, 0.1) is 5.92 Å². The summed E-state index contributed by atoms with van der Waals surface area (Å²) in [5.74, 6) is 0.570. The van der Waals surface area contributed by atoms with Crippen molar-refractivity contribution in [2.24, 2.45) is 5.92 Å². The molecule has 1 atom stereocenters. The Morgan fingerprint density at radius 1 is 1.27 bits per heavy atom. The molecule has 82 valence electrons. The van der Waals surface area contributed by atoms with Gasteiger partial charge in [0.2, 0.25) is 0 Å². The first-order valence-corrected chi connectivity index (χ1v) is 5.88. The number of aliphatic hydroxyl groups is 1. The highest BCUT2D eigenvalue weighted by Crippen LogP contribution is 2.32. The van der Waals surface area contributed by atoms with Gasteiger partial charge in [-0.2, -0.15) is 0 Å². The molecule has 0 fully saturated rings. The Kier molecular flexibility index (Phi) is 2.83. The maximum Gasteiger partial charge on any atom is 0.0693 e. The Balaban J connectivity index is 2.17. The highest BCUT2D eigenvalue weighted by Gasteiger charge is 2.32. The summed E-state index contributed by atoms with van der Waals surface area (Å²) in [7, 11) is 0. The molecule has 0 saturated heterocycles. The molecule has 0 aliphatic heterocycles. The van der Waals surface area contributed by atoms with E-state index in [1.54, 1.807) is 0 Å². The van der Waals surface area contributed by atoms with Gasteiger partial charge < -0.3 is 5.11 Å². The van der Waals surface area contributed by atoms with Gasteiger partial charge in [-0.1, -0.05) is 38.1 Å². The lowest BCUT2D eigenvalue weighted by Crippen LogP contribution is -2.37. The fourth-order valence-electron chi connectivity index (χ4n) is 2.72. The van der Waals surface area contributed by atoms with Crippen LogP contribution >= 0.6 is 0 Å². The van der Waals surface area contributed by atoms with Gasteiger partial charge in [-0.3, -0.25) is 0 Å². The summed E-state index contributed by atoms with van der Waals surface area (Å²) < 4.78 is 0. The van der Waals surface area contributed by atoms with E-state index in [4.69, 9.17) is 0 Å². The molecule has 1 nitrogen and oxygen atoms in total. The number of hydrogen-bond donors (Lipinski definition) is 1. The van der Waals surface area contributed by atoms with E-state index in [9.17, 15) is 5.11 Å². The summed E-state index contributed by atoms with van der Waals surface area (Å²) >= 11 is 0. The van der Waals surface area contributed by atoms with Crippen LogP contribution in [-0.2, 0) is 12.8 Å². The first-order valence-electron chi connectivity index (χ1n) is 5.88. The van der Waals surface area contributed by atoms with Crippen molar-refractivity contribution in [3.05, 3.63) is 35.4 Å². The molecule has 1 heteroatoms. The van der Waals surface area contributed by atoms with Gasteiger partial charge >= 0.3 is 0 Å². The number of hydrogen-bond acceptors (Lipinski definition) is 1. The molecule has 0 heterocycles. The van der Waals surface area contributed by atoms with Gasteiger partial charge in [0.25, 0.3) is 0 Å². The van der Waals surface area contributed by atoms with E-state index < -0.39 is 5.60 Å². The third kappa shape index (κ3) is 2.40. The van der Waals surface area contributed by atoms with E-state index >= 15 is 0 Å².